The summed E-state index contributed by atoms with van der Waals surface area (Å²) in [7, 11) is 1.26. The van der Waals surface area contributed by atoms with Gasteiger partial charge in [-0.25, -0.2) is 13.6 Å². The van der Waals surface area contributed by atoms with E-state index in [1.54, 1.807) is 0 Å². The Labute approximate surface area is 151 Å². The number of anilines is 1. The number of aliphatic hydroxyl groups is 2. The van der Waals surface area contributed by atoms with Gasteiger partial charge in [-0.1, -0.05) is 0 Å². The van der Waals surface area contributed by atoms with Crippen LogP contribution in [-0.2, 0) is 10.9 Å². The van der Waals surface area contributed by atoms with Gasteiger partial charge in [0.2, 0.25) is 0 Å². The maximum atomic E-state index is 13.2. The van der Waals surface area contributed by atoms with Crippen molar-refractivity contribution in [2.75, 3.05) is 32.2 Å². The van der Waals surface area contributed by atoms with Crippen LogP contribution in [0.5, 0.6) is 0 Å². The third-order valence-electron chi connectivity index (χ3n) is 4.05. The van der Waals surface area contributed by atoms with Crippen LogP contribution in [0.2, 0.25) is 0 Å². The molecule has 1 aliphatic carbocycles. The largest absolute Gasteiger partial charge is 0.416 e. The van der Waals surface area contributed by atoms with Gasteiger partial charge < -0.3 is 25.6 Å². The molecule has 2 amide bonds. The highest BCUT2D eigenvalue weighted by Gasteiger charge is 2.57. The highest BCUT2D eigenvalue weighted by molar-refractivity contribution is 5.89. The number of rotatable bonds is 7. The van der Waals surface area contributed by atoms with Crippen molar-refractivity contribution in [2.24, 2.45) is 0 Å². The number of methoxy groups -OCH3 is 1. The average molecular weight is 398 g/mol. The van der Waals surface area contributed by atoms with Crippen molar-refractivity contribution in [2.45, 2.75) is 30.0 Å². The highest BCUT2D eigenvalue weighted by atomic mass is 19.4. The number of hydrogen-bond donors (Lipinski definition) is 4. The second-order valence-electron chi connectivity index (χ2n) is 6.48. The Morgan fingerprint density at radius 3 is 2.44 bits per heavy atom. The fourth-order valence-electron chi connectivity index (χ4n) is 2.50. The van der Waals surface area contributed by atoms with Gasteiger partial charge in [-0.2, -0.15) is 13.2 Å². The minimum absolute atomic E-state index is 0.226. The van der Waals surface area contributed by atoms with Crippen molar-refractivity contribution >= 4 is 11.7 Å². The fourth-order valence-corrected chi connectivity index (χ4v) is 2.50. The monoisotopic (exact) mass is 398 g/mol. The normalized spacial score (nSPS) is 20.7. The molecule has 6 nitrogen and oxygen atoms in total. The second kappa shape index (κ2) is 7.56. The van der Waals surface area contributed by atoms with Crippen LogP contribution in [0.25, 0.3) is 0 Å². The van der Waals surface area contributed by atoms with Gasteiger partial charge in [0.25, 0.3) is 5.92 Å². The number of hydrogen-bond acceptors (Lipinski definition) is 4. The van der Waals surface area contributed by atoms with Gasteiger partial charge in [-0.3, -0.25) is 0 Å². The molecule has 1 saturated carbocycles. The molecule has 2 atom stereocenters. The molecule has 152 valence electrons. The molecule has 0 bridgehead atoms. The summed E-state index contributed by atoms with van der Waals surface area (Å²) in [6.45, 7) is -1.48. The predicted molar refractivity (Wildman–Crippen MR) is 84.7 cm³/mol. The first-order chi connectivity index (χ1) is 12.4. The first kappa shape index (κ1) is 21.3. The lowest BCUT2D eigenvalue weighted by atomic mass is 10.0. The van der Waals surface area contributed by atoms with Crippen LogP contribution in [0, 0.1) is 0 Å². The van der Waals surface area contributed by atoms with E-state index in [1.807, 2.05) is 0 Å². The Kier molecular flexibility index (Phi) is 5.97. The summed E-state index contributed by atoms with van der Waals surface area (Å²) in [4.78, 5) is 11.9. The van der Waals surface area contributed by atoms with Crippen LogP contribution in [0.3, 0.4) is 0 Å². The van der Waals surface area contributed by atoms with E-state index < -0.39 is 54.8 Å². The van der Waals surface area contributed by atoms with Crippen molar-refractivity contribution < 1.29 is 41.7 Å². The summed E-state index contributed by atoms with van der Waals surface area (Å²) in [5.41, 5.74) is -3.49. The lowest BCUT2D eigenvalue weighted by molar-refractivity contribution is -0.137. The van der Waals surface area contributed by atoms with Crippen LogP contribution in [0.15, 0.2) is 18.2 Å². The number of urea groups is 1. The lowest BCUT2D eigenvalue weighted by Gasteiger charge is -2.25. The van der Waals surface area contributed by atoms with Crippen LogP contribution in [0.4, 0.5) is 32.4 Å². The number of nitrogens with one attached hydrogen (secondary N) is 2. The van der Waals surface area contributed by atoms with Gasteiger partial charge in [0.05, 0.1) is 31.2 Å². The predicted octanol–water partition coefficient (Wildman–Crippen LogP) is 2.32. The average Bonchev–Trinajstić information content (AvgIpc) is 3.21. The van der Waals surface area contributed by atoms with E-state index in [0.29, 0.717) is 12.1 Å². The van der Waals surface area contributed by atoms with E-state index in [4.69, 9.17) is 9.84 Å². The molecule has 0 radical (unpaired) electrons. The third kappa shape index (κ3) is 5.50. The van der Waals surface area contributed by atoms with Gasteiger partial charge in [-0.05, 0) is 23.8 Å². The summed E-state index contributed by atoms with van der Waals surface area (Å²) in [5, 5.41) is 23.3. The van der Waals surface area contributed by atoms with E-state index in [0.717, 1.165) is 6.07 Å². The molecule has 1 aliphatic rings. The molecular weight excluding hydrogens is 379 g/mol. The molecular formula is C16H19F5N2O4. The molecule has 1 fully saturated rings. The number of halogens is 5. The van der Waals surface area contributed by atoms with Crippen molar-refractivity contribution in [1.29, 1.82) is 0 Å². The van der Waals surface area contributed by atoms with Crippen LogP contribution < -0.4 is 10.6 Å². The molecule has 0 spiro atoms. The minimum Gasteiger partial charge on any atom is -0.393 e. The number of carbonyl (C=O) groups is 1. The van der Waals surface area contributed by atoms with Gasteiger partial charge in [0, 0.05) is 19.2 Å². The van der Waals surface area contributed by atoms with Crippen molar-refractivity contribution in [3.8, 4) is 0 Å². The zero-order chi connectivity index (χ0) is 20.5. The van der Waals surface area contributed by atoms with Crippen molar-refractivity contribution in [3.63, 3.8) is 0 Å². The number of alkyl halides is 5. The molecule has 27 heavy (non-hydrogen) atoms. The van der Waals surface area contributed by atoms with Crippen molar-refractivity contribution in [1.82, 2.24) is 5.32 Å². The van der Waals surface area contributed by atoms with Crippen LogP contribution in [-0.4, -0.2) is 54.6 Å². The van der Waals surface area contributed by atoms with Crippen molar-refractivity contribution in [3.05, 3.63) is 29.3 Å². The smallest absolute Gasteiger partial charge is 0.393 e. The summed E-state index contributed by atoms with van der Waals surface area (Å²) in [5.74, 6) is -4.40. The number of ether oxygens (including phenoxy) is 1. The van der Waals surface area contributed by atoms with E-state index >= 15 is 0 Å². The van der Waals surface area contributed by atoms with Gasteiger partial charge in [-0.15, -0.1) is 0 Å². The quantitative estimate of drug-likeness (QED) is 0.531. The summed E-state index contributed by atoms with van der Waals surface area (Å²) in [6.07, 6.45) is -5.33. The van der Waals surface area contributed by atoms with Crippen LogP contribution >= 0.6 is 0 Å². The summed E-state index contributed by atoms with van der Waals surface area (Å²) in [6, 6.07) is 1.33. The second-order valence-corrected chi connectivity index (χ2v) is 6.48. The van der Waals surface area contributed by atoms with E-state index in [1.165, 1.54) is 7.11 Å². The number of carbonyl (C=O) groups excluding carboxylic acids is 1. The van der Waals surface area contributed by atoms with E-state index in [2.05, 4.69) is 10.6 Å². The lowest BCUT2D eigenvalue weighted by Crippen LogP contribution is -2.49. The van der Waals surface area contributed by atoms with Gasteiger partial charge in [0.15, 0.2) is 0 Å². The summed E-state index contributed by atoms with van der Waals surface area (Å²) < 4.78 is 70.2. The van der Waals surface area contributed by atoms with E-state index in [9.17, 15) is 31.9 Å². The Hall–Kier alpha value is -1.98. The zero-order valence-corrected chi connectivity index (χ0v) is 14.2. The molecule has 1 aromatic rings. The first-order valence-electron chi connectivity index (χ1n) is 7.87. The molecule has 0 saturated heterocycles. The Bertz CT molecular complexity index is 698. The SMILES string of the molecule is COCC(O)(CO)CNC(=O)Nc1cc(C2CC2(F)F)cc(C(F)(F)F)c1. The molecule has 2 rings (SSSR count). The van der Waals surface area contributed by atoms with E-state index in [-0.39, 0.29) is 17.9 Å². The maximum absolute atomic E-state index is 13.2. The highest BCUT2D eigenvalue weighted by Crippen LogP contribution is 2.56. The topological polar surface area (TPSA) is 90.8 Å². The van der Waals surface area contributed by atoms with Gasteiger partial charge >= 0.3 is 12.2 Å². The standard InChI is InChI=1S/C16H19F5N2O4/c1-27-8-14(26,7-24)6-22-13(25)23-11-3-9(12-5-15(12,17)18)2-10(4-11)16(19,20)21/h2-4,12,24,26H,5-8H2,1H3,(H2,22,23,25). The molecule has 0 heterocycles. The molecule has 2 unspecified atom stereocenters. The summed E-state index contributed by atoms with van der Waals surface area (Å²) >= 11 is 0. The third-order valence-corrected chi connectivity index (χ3v) is 4.05. The molecule has 0 aromatic heterocycles. The Morgan fingerprint density at radius 2 is 1.96 bits per heavy atom. The number of aliphatic hydroxyl groups excluding tert-OH is 1. The Balaban J connectivity index is 2.13. The molecule has 1 aromatic carbocycles. The van der Waals surface area contributed by atoms with Gasteiger partial charge in [0.1, 0.15) is 5.60 Å². The molecule has 11 heteroatoms. The molecule has 0 aliphatic heterocycles. The zero-order valence-electron chi connectivity index (χ0n) is 14.2. The molecule has 4 N–H and O–H groups in total. The first-order valence-corrected chi connectivity index (χ1v) is 7.87. The fraction of sp³-hybridized carbons (Fsp3) is 0.562. The maximum Gasteiger partial charge on any atom is 0.416 e. The Morgan fingerprint density at radius 1 is 1.33 bits per heavy atom. The number of amides is 2. The van der Waals surface area contributed by atoms with Crippen LogP contribution in [0.1, 0.15) is 23.5 Å². The number of benzene rings is 1. The minimum atomic E-state index is -4.78.